The summed E-state index contributed by atoms with van der Waals surface area (Å²) in [5, 5.41) is 2.40. The summed E-state index contributed by atoms with van der Waals surface area (Å²) < 4.78 is 0. The maximum atomic E-state index is 11.4. The van der Waals surface area contributed by atoms with Crippen molar-refractivity contribution in [2.75, 3.05) is 6.26 Å². The van der Waals surface area contributed by atoms with Gasteiger partial charge in [0.15, 0.2) is 5.78 Å². The lowest BCUT2D eigenvalue weighted by Gasteiger charge is -1.94. The third kappa shape index (κ3) is 3.25. The summed E-state index contributed by atoms with van der Waals surface area (Å²) in [4.78, 5) is 11.4. The van der Waals surface area contributed by atoms with Crippen molar-refractivity contribution in [1.29, 1.82) is 0 Å². The van der Waals surface area contributed by atoms with Crippen molar-refractivity contribution in [3.8, 4) is 0 Å². The van der Waals surface area contributed by atoms with Gasteiger partial charge in [0.2, 0.25) is 0 Å². The molecule has 1 aromatic carbocycles. The first-order valence-corrected chi connectivity index (χ1v) is 5.40. The van der Waals surface area contributed by atoms with Crippen LogP contribution in [-0.2, 0) is 0 Å². The molecule has 0 aliphatic rings. The van der Waals surface area contributed by atoms with Crippen molar-refractivity contribution >= 4 is 29.1 Å². The minimum atomic E-state index is 0.00557. The molecule has 0 spiro atoms. The molecule has 0 heterocycles. The number of ketones is 1. The Morgan fingerprint density at radius 1 is 1.38 bits per heavy atom. The summed E-state index contributed by atoms with van der Waals surface area (Å²) in [6.07, 6.45) is 3.46. The summed E-state index contributed by atoms with van der Waals surface area (Å²) in [6.45, 7) is 0. The third-order valence-electron chi connectivity index (χ3n) is 1.48. The third-order valence-corrected chi connectivity index (χ3v) is 2.14. The number of thioether (sulfide) groups is 1. The number of carbonyl (C=O) groups is 1. The molecular weight excluding hydrogens is 204 g/mol. The van der Waals surface area contributed by atoms with E-state index in [2.05, 4.69) is 0 Å². The van der Waals surface area contributed by atoms with Crippen molar-refractivity contribution in [3.63, 3.8) is 0 Å². The van der Waals surface area contributed by atoms with E-state index in [0.717, 1.165) is 0 Å². The van der Waals surface area contributed by atoms with Gasteiger partial charge in [0.1, 0.15) is 0 Å². The highest BCUT2D eigenvalue weighted by Crippen LogP contribution is 2.10. The molecule has 0 bridgehead atoms. The van der Waals surface area contributed by atoms with Gasteiger partial charge in [-0.05, 0) is 42.0 Å². The lowest BCUT2D eigenvalue weighted by atomic mass is 10.1. The fourth-order valence-electron chi connectivity index (χ4n) is 0.840. The molecule has 0 fully saturated rings. The van der Waals surface area contributed by atoms with E-state index in [1.165, 1.54) is 11.8 Å². The Hall–Kier alpha value is -0.730. The van der Waals surface area contributed by atoms with Gasteiger partial charge in [0.05, 0.1) is 0 Å². The second-order valence-corrected chi connectivity index (χ2v) is 3.59. The molecule has 0 aliphatic heterocycles. The molecule has 68 valence electrons. The maximum Gasteiger partial charge on any atom is 0.186 e. The quantitative estimate of drug-likeness (QED) is 0.564. The lowest BCUT2D eigenvalue weighted by Crippen LogP contribution is -1.92. The smallest absolute Gasteiger partial charge is 0.186 e. The van der Waals surface area contributed by atoms with E-state index in [-0.39, 0.29) is 5.78 Å². The molecule has 1 nitrogen and oxygen atoms in total. The Labute approximate surface area is 86.8 Å². The van der Waals surface area contributed by atoms with Crippen LogP contribution < -0.4 is 0 Å². The van der Waals surface area contributed by atoms with Crippen molar-refractivity contribution in [3.05, 3.63) is 46.3 Å². The number of hydrogen-bond donors (Lipinski definition) is 0. The highest BCUT2D eigenvalue weighted by atomic mass is 35.5. The fraction of sp³-hybridized carbons (Fsp3) is 0.100. The van der Waals surface area contributed by atoms with Gasteiger partial charge in [0, 0.05) is 10.6 Å². The standard InChI is InChI=1S/C10H9ClOS/c1-13-7-6-10(12)8-2-4-9(11)5-3-8/h2-7H,1H3. The van der Waals surface area contributed by atoms with Gasteiger partial charge in [0.25, 0.3) is 0 Å². The number of halogens is 1. The summed E-state index contributed by atoms with van der Waals surface area (Å²) in [5.74, 6) is 0.00557. The van der Waals surface area contributed by atoms with Crippen LogP contribution in [0.4, 0.5) is 0 Å². The van der Waals surface area contributed by atoms with Crippen LogP contribution in [0.3, 0.4) is 0 Å². The monoisotopic (exact) mass is 212 g/mol. The SMILES string of the molecule is CSC=CC(=O)c1ccc(Cl)cc1. The van der Waals surface area contributed by atoms with Crippen LogP contribution in [0.1, 0.15) is 10.4 Å². The van der Waals surface area contributed by atoms with E-state index in [1.807, 2.05) is 6.26 Å². The molecule has 13 heavy (non-hydrogen) atoms. The molecule has 0 radical (unpaired) electrons. The molecule has 0 aromatic heterocycles. The van der Waals surface area contributed by atoms with E-state index in [1.54, 1.807) is 35.7 Å². The lowest BCUT2D eigenvalue weighted by molar-refractivity contribution is 0.104. The van der Waals surface area contributed by atoms with Crippen molar-refractivity contribution < 1.29 is 4.79 Å². The fourth-order valence-corrected chi connectivity index (χ4v) is 1.23. The highest BCUT2D eigenvalue weighted by Gasteiger charge is 1.99. The van der Waals surface area contributed by atoms with Crippen molar-refractivity contribution in [2.45, 2.75) is 0 Å². The molecular formula is C10H9ClOS. The maximum absolute atomic E-state index is 11.4. The molecule has 0 atom stereocenters. The largest absolute Gasteiger partial charge is 0.289 e. The minimum Gasteiger partial charge on any atom is -0.289 e. The van der Waals surface area contributed by atoms with Gasteiger partial charge in [-0.15, -0.1) is 11.8 Å². The first-order chi connectivity index (χ1) is 6.24. The zero-order valence-electron chi connectivity index (χ0n) is 7.16. The van der Waals surface area contributed by atoms with E-state index in [4.69, 9.17) is 11.6 Å². The Balaban J connectivity index is 2.78. The van der Waals surface area contributed by atoms with Crippen LogP contribution in [0.2, 0.25) is 5.02 Å². The van der Waals surface area contributed by atoms with Crippen LogP contribution in [0.15, 0.2) is 35.7 Å². The van der Waals surface area contributed by atoms with Crippen LogP contribution in [0.25, 0.3) is 0 Å². The topological polar surface area (TPSA) is 17.1 Å². The van der Waals surface area contributed by atoms with Crippen molar-refractivity contribution in [2.24, 2.45) is 0 Å². The number of carbonyl (C=O) groups excluding carboxylic acids is 1. The number of allylic oxidation sites excluding steroid dienone is 1. The zero-order valence-corrected chi connectivity index (χ0v) is 8.73. The first-order valence-electron chi connectivity index (χ1n) is 3.73. The summed E-state index contributed by atoms with van der Waals surface area (Å²) in [5.41, 5.74) is 0.662. The van der Waals surface area contributed by atoms with Gasteiger partial charge >= 0.3 is 0 Å². The number of benzene rings is 1. The van der Waals surface area contributed by atoms with Crippen LogP contribution in [-0.4, -0.2) is 12.0 Å². The van der Waals surface area contributed by atoms with Crippen molar-refractivity contribution in [1.82, 2.24) is 0 Å². The number of rotatable bonds is 3. The molecule has 1 rings (SSSR count). The molecule has 0 N–H and O–H groups in total. The average molecular weight is 213 g/mol. The number of hydrogen-bond acceptors (Lipinski definition) is 2. The van der Waals surface area contributed by atoms with Crippen LogP contribution >= 0.6 is 23.4 Å². The van der Waals surface area contributed by atoms with Gasteiger partial charge in [-0.2, -0.15) is 0 Å². The molecule has 0 saturated carbocycles. The minimum absolute atomic E-state index is 0.00557. The van der Waals surface area contributed by atoms with E-state index in [9.17, 15) is 4.79 Å². The zero-order chi connectivity index (χ0) is 9.68. The second-order valence-electron chi connectivity index (χ2n) is 2.41. The van der Waals surface area contributed by atoms with E-state index in [0.29, 0.717) is 10.6 Å². The Kier molecular flexibility index (Phi) is 4.06. The molecule has 3 heteroatoms. The van der Waals surface area contributed by atoms with Crippen LogP contribution in [0, 0.1) is 0 Å². The summed E-state index contributed by atoms with van der Waals surface area (Å²) >= 11 is 7.19. The Morgan fingerprint density at radius 2 is 2.00 bits per heavy atom. The predicted octanol–water partition coefficient (Wildman–Crippen LogP) is 3.40. The second kappa shape index (κ2) is 5.10. The summed E-state index contributed by atoms with van der Waals surface area (Å²) in [6, 6.07) is 6.86. The summed E-state index contributed by atoms with van der Waals surface area (Å²) in [7, 11) is 0. The molecule has 0 saturated heterocycles. The van der Waals surface area contributed by atoms with Gasteiger partial charge in [-0.3, -0.25) is 4.79 Å². The highest BCUT2D eigenvalue weighted by molar-refractivity contribution is 8.01. The van der Waals surface area contributed by atoms with E-state index < -0.39 is 0 Å². The molecule has 1 aromatic rings. The van der Waals surface area contributed by atoms with Gasteiger partial charge < -0.3 is 0 Å². The predicted molar refractivity (Wildman–Crippen MR) is 58.4 cm³/mol. The van der Waals surface area contributed by atoms with Crippen LogP contribution in [0.5, 0.6) is 0 Å². The Bertz CT molecular complexity index is 316. The first kappa shape index (κ1) is 10.4. The average Bonchev–Trinajstić information content (AvgIpc) is 2.15. The molecule has 0 amide bonds. The normalized spacial score (nSPS) is 10.6. The Morgan fingerprint density at radius 3 is 2.54 bits per heavy atom. The van der Waals surface area contributed by atoms with E-state index >= 15 is 0 Å². The van der Waals surface area contributed by atoms with Gasteiger partial charge in [-0.1, -0.05) is 11.6 Å². The molecule has 0 unspecified atom stereocenters. The van der Waals surface area contributed by atoms with Gasteiger partial charge in [-0.25, -0.2) is 0 Å². The molecule has 0 aliphatic carbocycles.